The Labute approximate surface area is 98.0 Å². The van der Waals surface area contributed by atoms with Crippen LogP contribution < -0.4 is 5.32 Å². The van der Waals surface area contributed by atoms with Gasteiger partial charge < -0.3 is 10.4 Å². The van der Waals surface area contributed by atoms with Gasteiger partial charge in [0.1, 0.15) is 0 Å². The van der Waals surface area contributed by atoms with Gasteiger partial charge in [-0.05, 0) is 32.8 Å². The first-order chi connectivity index (χ1) is 7.60. The SMILES string of the molecule is CC/C(C)=C(\C)Nc1c(C)cccc1CO. The van der Waals surface area contributed by atoms with Gasteiger partial charge in [-0.25, -0.2) is 0 Å². The molecule has 16 heavy (non-hydrogen) atoms. The van der Waals surface area contributed by atoms with Crippen LogP contribution in [0.3, 0.4) is 0 Å². The number of aliphatic hydroxyl groups is 1. The lowest BCUT2D eigenvalue weighted by molar-refractivity contribution is 0.282. The summed E-state index contributed by atoms with van der Waals surface area (Å²) < 4.78 is 0. The number of para-hydroxylation sites is 1. The number of aryl methyl sites for hydroxylation is 1. The largest absolute Gasteiger partial charge is 0.392 e. The van der Waals surface area contributed by atoms with Crippen molar-refractivity contribution < 1.29 is 5.11 Å². The van der Waals surface area contributed by atoms with E-state index in [0.29, 0.717) is 0 Å². The van der Waals surface area contributed by atoms with Crippen LogP contribution in [0.5, 0.6) is 0 Å². The molecule has 0 aromatic heterocycles. The van der Waals surface area contributed by atoms with E-state index in [4.69, 9.17) is 0 Å². The van der Waals surface area contributed by atoms with Crippen LogP contribution in [0.25, 0.3) is 0 Å². The summed E-state index contributed by atoms with van der Waals surface area (Å²) in [5.41, 5.74) is 5.66. The summed E-state index contributed by atoms with van der Waals surface area (Å²) in [6, 6.07) is 5.97. The van der Waals surface area contributed by atoms with Crippen molar-refractivity contribution in [3.63, 3.8) is 0 Å². The molecule has 2 N–H and O–H groups in total. The third kappa shape index (κ3) is 2.86. The van der Waals surface area contributed by atoms with Crippen molar-refractivity contribution in [2.75, 3.05) is 5.32 Å². The first kappa shape index (κ1) is 12.8. The maximum Gasteiger partial charge on any atom is 0.0702 e. The third-order valence-corrected chi connectivity index (χ3v) is 3.01. The number of hydrogen-bond acceptors (Lipinski definition) is 2. The number of benzene rings is 1. The van der Waals surface area contributed by atoms with Gasteiger partial charge in [-0.15, -0.1) is 0 Å². The maximum atomic E-state index is 9.30. The zero-order chi connectivity index (χ0) is 12.1. The maximum absolute atomic E-state index is 9.30. The minimum atomic E-state index is 0.0719. The van der Waals surface area contributed by atoms with Crippen LogP contribution in [-0.2, 0) is 6.61 Å². The van der Waals surface area contributed by atoms with E-state index in [-0.39, 0.29) is 6.61 Å². The Morgan fingerprint density at radius 2 is 2.00 bits per heavy atom. The molecule has 0 spiro atoms. The van der Waals surface area contributed by atoms with Crippen LogP contribution in [0.2, 0.25) is 0 Å². The van der Waals surface area contributed by atoms with Gasteiger partial charge in [0.05, 0.1) is 6.61 Å². The van der Waals surface area contributed by atoms with Gasteiger partial charge in [-0.3, -0.25) is 0 Å². The normalized spacial score (nSPS) is 12.3. The van der Waals surface area contributed by atoms with Crippen molar-refractivity contribution in [3.05, 3.63) is 40.6 Å². The van der Waals surface area contributed by atoms with Crippen molar-refractivity contribution in [2.45, 2.75) is 40.7 Å². The van der Waals surface area contributed by atoms with Gasteiger partial charge in [0, 0.05) is 16.9 Å². The van der Waals surface area contributed by atoms with E-state index >= 15 is 0 Å². The van der Waals surface area contributed by atoms with Gasteiger partial charge in [-0.1, -0.05) is 30.7 Å². The minimum absolute atomic E-state index is 0.0719. The third-order valence-electron chi connectivity index (χ3n) is 3.01. The molecule has 0 saturated heterocycles. The summed E-state index contributed by atoms with van der Waals surface area (Å²) in [7, 11) is 0. The molecule has 0 amide bonds. The zero-order valence-corrected chi connectivity index (χ0v) is 10.6. The molecule has 88 valence electrons. The first-order valence-corrected chi connectivity index (χ1v) is 5.72. The molecule has 0 aliphatic heterocycles. The lowest BCUT2D eigenvalue weighted by Gasteiger charge is -2.15. The summed E-state index contributed by atoms with van der Waals surface area (Å²) in [5.74, 6) is 0. The molecule has 0 atom stereocenters. The van der Waals surface area contributed by atoms with Gasteiger partial charge in [-0.2, -0.15) is 0 Å². The molecule has 1 aromatic rings. The average Bonchev–Trinajstić information content (AvgIpc) is 2.30. The Bertz CT molecular complexity index is 394. The molecule has 1 rings (SSSR count). The minimum Gasteiger partial charge on any atom is -0.392 e. The van der Waals surface area contributed by atoms with Crippen LogP contribution in [-0.4, -0.2) is 5.11 Å². The number of rotatable bonds is 4. The van der Waals surface area contributed by atoms with E-state index in [9.17, 15) is 5.11 Å². The second-order valence-electron chi connectivity index (χ2n) is 4.15. The van der Waals surface area contributed by atoms with Crippen LogP contribution in [0.15, 0.2) is 29.5 Å². The summed E-state index contributed by atoms with van der Waals surface area (Å²) in [5, 5.41) is 12.7. The Kier molecular flexibility index (Phi) is 4.56. The fourth-order valence-electron chi connectivity index (χ4n) is 1.60. The molecule has 0 fully saturated rings. The smallest absolute Gasteiger partial charge is 0.0702 e. The van der Waals surface area contributed by atoms with Crippen LogP contribution >= 0.6 is 0 Å². The van der Waals surface area contributed by atoms with Crippen molar-refractivity contribution in [1.82, 2.24) is 0 Å². The fraction of sp³-hybridized carbons (Fsp3) is 0.429. The summed E-state index contributed by atoms with van der Waals surface area (Å²) in [6.07, 6.45) is 1.04. The Morgan fingerprint density at radius 3 is 2.56 bits per heavy atom. The first-order valence-electron chi connectivity index (χ1n) is 5.72. The molecular weight excluding hydrogens is 198 g/mol. The number of aliphatic hydroxyl groups excluding tert-OH is 1. The van der Waals surface area contributed by atoms with Crippen LogP contribution in [0, 0.1) is 6.92 Å². The lowest BCUT2D eigenvalue weighted by Crippen LogP contribution is -2.03. The van der Waals surface area contributed by atoms with E-state index in [0.717, 1.165) is 23.2 Å². The number of hydrogen-bond donors (Lipinski definition) is 2. The van der Waals surface area contributed by atoms with E-state index < -0.39 is 0 Å². The molecule has 0 bridgehead atoms. The molecule has 0 heterocycles. The monoisotopic (exact) mass is 219 g/mol. The highest BCUT2D eigenvalue weighted by Crippen LogP contribution is 2.23. The fourth-order valence-corrected chi connectivity index (χ4v) is 1.60. The van der Waals surface area contributed by atoms with Crippen molar-refractivity contribution >= 4 is 5.69 Å². The standard InChI is InChI=1S/C14H21NO/c1-5-10(2)12(4)15-14-11(3)7-6-8-13(14)9-16/h6-8,15-16H,5,9H2,1-4H3/b12-10+. The van der Waals surface area contributed by atoms with Crippen molar-refractivity contribution in [1.29, 1.82) is 0 Å². The number of allylic oxidation sites excluding steroid dienone is 2. The van der Waals surface area contributed by atoms with Crippen LogP contribution in [0.4, 0.5) is 5.69 Å². The predicted octanol–water partition coefficient (Wildman–Crippen LogP) is 3.60. The molecule has 0 radical (unpaired) electrons. The second-order valence-corrected chi connectivity index (χ2v) is 4.15. The Hall–Kier alpha value is -1.28. The van der Waals surface area contributed by atoms with Crippen molar-refractivity contribution in [3.8, 4) is 0 Å². The highest BCUT2D eigenvalue weighted by atomic mass is 16.3. The highest BCUT2D eigenvalue weighted by molar-refractivity contribution is 5.60. The number of anilines is 1. The molecule has 0 saturated carbocycles. The van der Waals surface area contributed by atoms with E-state index in [1.807, 2.05) is 12.1 Å². The summed E-state index contributed by atoms with van der Waals surface area (Å²) in [4.78, 5) is 0. The quantitative estimate of drug-likeness (QED) is 0.811. The second kappa shape index (κ2) is 5.71. The zero-order valence-electron chi connectivity index (χ0n) is 10.6. The Balaban J connectivity index is 3.05. The van der Waals surface area contributed by atoms with Gasteiger partial charge in [0.25, 0.3) is 0 Å². The van der Waals surface area contributed by atoms with E-state index in [2.05, 4.69) is 39.1 Å². The number of nitrogens with one attached hydrogen (secondary N) is 1. The van der Waals surface area contributed by atoms with Gasteiger partial charge in [0.2, 0.25) is 0 Å². The van der Waals surface area contributed by atoms with Crippen molar-refractivity contribution in [2.24, 2.45) is 0 Å². The highest BCUT2D eigenvalue weighted by Gasteiger charge is 2.05. The van der Waals surface area contributed by atoms with Gasteiger partial charge >= 0.3 is 0 Å². The molecule has 2 nitrogen and oxygen atoms in total. The Morgan fingerprint density at radius 1 is 1.31 bits per heavy atom. The predicted molar refractivity (Wildman–Crippen MR) is 69.4 cm³/mol. The molecule has 0 unspecified atom stereocenters. The molecule has 0 aliphatic rings. The van der Waals surface area contributed by atoms with Crippen LogP contribution in [0.1, 0.15) is 38.3 Å². The topological polar surface area (TPSA) is 32.3 Å². The van der Waals surface area contributed by atoms with E-state index in [1.54, 1.807) is 0 Å². The van der Waals surface area contributed by atoms with E-state index in [1.165, 1.54) is 11.3 Å². The summed E-state index contributed by atoms with van der Waals surface area (Å²) >= 11 is 0. The molecule has 0 aliphatic carbocycles. The summed E-state index contributed by atoms with van der Waals surface area (Å²) in [6.45, 7) is 8.47. The van der Waals surface area contributed by atoms with Gasteiger partial charge in [0.15, 0.2) is 0 Å². The average molecular weight is 219 g/mol. The molecule has 1 aromatic carbocycles. The lowest BCUT2D eigenvalue weighted by atomic mass is 10.1. The molecule has 2 heteroatoms. The molecular formula is C14H21NO.